The molecule has 1 atom stereocenters. The van der Waals surface area contributed by atoms with Crippen LogP contribution in [0.3, 0.4) is 0 Å². The highest BCUT2D eigenvalue weighted by molar-refractivity contribution is 8.25. The summed E-state index contributed by atoms with van der Waals surface area (Å²) in [5, 5.41) is 3.40. The van der Waals surface area contributed by atoms with Crippen LogP contribution in [0, 0.1) is 11.7 Å². The second kappa shape index (κ2) is 8.30. The van der Waals surface area contributed by atoms with Crippen LogP contribution in [0.15, 0.2) is 47.6 Å². The molecule has 3 aliphatic heterocycles. The van der Waals surface area contributed by atoms with Crippen LogP contribution in [0.2, 0.25) is 5.02 Å². The number of likely N-dealkylation sites (tertiary alicyclic amines) is 1. The number of halogens is 6. The molecule has 2 saturated heterocycles. The fourth-order valence-corrected chi connectivity index (χ4v) is 6.40. The summed E-state index contributed by atoms with van der Waals surface area (Å²) in [6.07, 6.45) is -5.67. The maximum absolute atomic E-state index is 15.3. The molecule has 0 aliphatic carbocycles. The molecule has 0 aromatic heterocycles. The lowest BCUT2D eigenvalue weighted by atomic mass is 9.84. The predicted octanol–water partition coefficient (Wildman–Crippen LogP) is 5.45. The van der Waals surface area contributed by atoms with Crippen molar-refractivity contribution >= 4 is 33.8 Å². The van der Waals surface area contributed by atoms with Gasteiger partial charge in [0.1, 0.15) is 5.82 Å². The van der Waals surface area contributed by atoms with Crippen LogP contribution in [0.1, 0.15) is 23.1 Å². The van der Waals surface area contributed by atoms with E-state index in [1.165, 1.54) is 29.2 Å². The molecule has 0 spiro atoms. The Labute approximate surface area is 209 Å². The Morgan fingerprint density at radius 2 is 1.75 bits per heavy atom. The topological polar surface area (TPSA) is 82.4 Å². The number of alkyl halides is 4. The van der Waals surface area contributed by atoms with Crippen LogP contribution in [0.5, 0.6) is 0 Å². The molecule has 194 valence electrons. The van der Waals surface area contributed by atoms with Gasteiger partial charge in [-0.15, -0.1) is 0 Å². The minimum Gasteiger partial charge on any atom is -0.374 e. The van der Waals surface area contributed by atoms with E-state index in [0.717, 1.165) is 12.1 Å². The number of carbonyl (C=O) groups excluding carboxylic acids is 1. The van der Waals surface area contributed by atoms with E-state index in [-0.39, 0.29) is 52.4 Å². The van der Waals surface area contributed by atoms with E-state index >= 15 is 4.39 Å². The second-order valence-electron chi connectivity index (χ2n) is 9.36. The molecule has 0 saturated carbocycles. The standard InChI is InChI=1S/C23H20ClF5N2O4S/c24-17-5-16(6-18(25)7-17)22(23(27,28)29)8-19(30-35-22)13-1-3-15(4-2-13)21(26)11-31(12-21)20(32)14-9-36(33,34)10-14/h1-7,14,33-34H,8-12H2. The van der Waals surface area contributed by atoms with Crippen molar-refractivity contribution in [3.8, 4) is 0 Å². The van der Waals surface area contributed by atoms with Crippen LogP contribution in [-0.2, 0) is 20.9 Å². The van der Waals surface area contributed by atoms with Crippen LogP contribution in [0.25, 0.3) is 0 Å². The summed E-state index contributed by atoms with van der Waals surface area (Å²) in [5.74, 6) is -1.83. The Morgan fingerprint density at radius 3 is 2.31 bits per heavy atom. The van der Waals surface area contributed by atoms with E-state index in [2.05, 4.69) is 5.16 Å². The largest absolute Gasteiger partial charge is 0.435 e. The molecule has 2 N–H and O–H groups in total. The van der Waals surface area contributed by atoms with Crippen molar-refractivity contribution in [2.75, 3.05) is 24.6 Å². The van der Waals surface area contributed by atoms with Gasteiger partial charge in [0.15, 0.2) is 5.67 Å². The maximum Gasteiger partial charge on any atom is 0.435 e. The van der Waals surface area contributed by atoms with Gasteiger partial charge in [0.25, 0.3) is 5.60 Å². The van der Waals surface area contributed by atoms with E-state index in [1.807, 2.05) is 0 Å². The zero-order chi connectivity index (χ0) is 26.1. The van der Waals surface area contributed by atoms with Crippen molar-refractivity contribution in [1.82, 2.24) is 4.90 Å². The quantitative estimate of drug-likeness (QED) is 0.496. The van der Waals surface area contributed by atoms with Crippen LogP contribution in [-0.4, -0.2) is 56.4 Å². The molecule has 0 bridgehead atoms. The van der Waals surface area contributed by atoms with Gasteiger partial charge < -0.3 is 9.74 Å². The van der Waals surface area contributed by atoms with Gasteiger partial charge in [-0.3, -0.25) is 13.9 Å². The van der Waals surface area contributed by atoms with Gasteiger partial charge in [-0.05, 0) is 29.3 Å². The lowest BCUT2D eigenvalue weighted by Crippen LogP contribution is -2.62. The Bertz CT molecular complexity index is 1220. The van der Waals surface area contributed by atoms with E-state index in [0.29, 0.717) is 6.07 Å². The Morgan fingerprint density at radius 1 is 1.11 bits per heavy atom. The van der Waals surface area contributed by atoms with Crippen LogP contribution < -0.4 is 0 Å². The first-order valence-electron chi connectivity index (χ1n) is 10.8. The number of carbonyl (C=O) groups is 1. The third kappa shape index (κ3) is 4.23. The summed E-state index contributed by atoms with van der Waals surface area (Å²) in [7, 11) is -2.69. The number of hydrogen-bond donors (Lipinski definition) is 2. The molecular weight excluding hydrogens is 531 g/mol. The summed E-state index contributed by atoms with van der Waals surface area (Å²) in [6.45, 7) is -0.412. The van der Waals surface area contributed by atoms with Crippen LogP contribution >= 0.6 is 22.2 Å². The van der Waals surface area contributed by atoms with Crippen molar-refractivity contribution in [2.24, 2.45) is 11.1 Å². The van der Waals surface area contributed by atoms with Gasteiger partial charge in [0.2, 0.25) is 5.91 Å². The van der Waals surface area contributed by atoms with Crippen molar-refractivity contribution in [3.05, 3.63) is 70.0 Å². The molecule has 0 radical (unpaired) electrons. The molecular formula is C23H20ClF5N2O4S. The number of nitrogens with zero attached hydrogens (tertiary/aromatic N) is 2. The second-order valence-corrected chi connectivity index (χ2v) is 12.1. The number of amides is 1. The molecule has 1 unspecified atom stereocenters. The van der Waals surface area contributed by atoms with Gasteiger partial charge in [-0.25, -0.2) is 8.78 Å². The number of benzene rings is 2. The lowest BCUT2D eigenvalue weighted by molar-refractivity contribution is -0.275. The minimum absolute atomic E-state index is 0.0122. The zero-order valence-electron chi connectivity index (χ0n) is 18.4. The fraction of sp³-hybridized carbons (Fsp3) is 0.391. The number of hydrogen-bond acceptors (Lipinski definition) is 5. The summed E-state index contributed by atoms with van der Waals surface area (Å²) in [5.41, 5.74) is -4.82. The lowest BCUT2D eigenvalue weighted by Gasteiger charge is -2.51. The van der Waals surface area contributed by atoms with Crippen molar-refractivity contribution in [3.63, 3.8) is 0 Å². The molecule has 2 aromatic carbocycles. The maximum atomic E-state index is 15.3. The molecule has 1 amide bonds. The van der Waals surface area contributed by atoms with E-state index in [1.54, 1.807) is 0 Å². The third-order valence-corrected chi connectivity index (χ3v) is 8.82. The normalized spacial score (nSPS) is 25.9. The third-order valence-electron chi connectivity index (χ3n) is 6.73. The molecule has 6 nitrogen and oxygen atoms in total. The van der Waals surface area contributed by atoms with Gasteiger partial charge in [0, 0.05) is 17.0 Å². The highest BCUT2D eigenvalue weighted by Gasteiger charge is 2.62. The summed E-state index contributed by atoms with van der Waals surface area (Å²) in [4.78, 5) is 18.5. The molecule has 5 rings (SSSR count). The summed E-state index contributed by atoms with van der Waals surface area (Å²) >= 11 is 5.76. The van der Waals surface area contributed by atoms with Gasteiger partial charge in [-0.1, -0.05) is 41.0 Å². The van der Waals surface area contributed by atoms with E-state index in [9.17, 15) is 31.5 Å². The highest BCUT2D eigenvalue weighted by atomic mass is 35.5. The van der Waals surface area contributed by atoms with Crippen molar-refractivity contribution < 1.29 is 40.7 Å². The van der Waals surface area contributed by atoms with E-state index in [4.69, 9.17) is 16.4 Å². The van der Waals surface area contributed by atoms with Gasteiger partial charge >= 0.3 is 6.18 Å². The Kier molecular flexibility index (Phi) is 5.82. The first-order chi connectivity index (χ1) is 16.7. The van der Waals surface area contributed by atoms with Crippen molar-refractivity contribution in [1.29, 1.82) is 0 Å². The SMILES string of the molecule is O=C(C1CS(O)(O)C1)N1CC(F)(c2ccc(C3=NOC(c4cc(F)cc(Cl)c4)(C(F)(F)F)C3)cc2)C1. The van der Waals surface area contributed by atoms with E-state index < -0.39 is 51.8 Å². The van der Waals surface area contributed by atoms with Crippen molar-refractivity contribution in [2.45, 2.75) is 23.9 Å². The first kappa shape index (κ1) is 25.2. The van der Waals surface area contributed by atoms with Gasteiger partial charge in [-0.2, -0.15) is 23.8 Å². The monoisotopic (exact) mass is 550 g/mol. The average Bonchev–Trinajstić information content (AvgIpc) is 3.21. The van der Waals surface area contributed by atoms with Crippen LogP contribution in [0.4, 0.5) is 22.0 Å². The molecule has 13 heteroatoms. The molecule has 2 aromatic rings. The Hall–Kier alpha value is -2.41. The number of rotatable bonds is 4. The Balaban J connectivity index is 1.29. The highest BCUT2D eigenvalue weighted by Crippen LogP contribution is 2.53. The summed E-state index contributed by atoms with van der Waals surface area (Å²) in [6, 6.07) is 8.20. The number of oxime groups is 1. The molecule has 2 fully saturated rings. The minimum atomic E-state index is -4.94. The first-order valence-corrected chi connectivity index (χ1v) is 13.1. The predicted molar refractivity (Wildman–Crippen MR) is 123 cm³/mol. The molecule has 3 heterocycles. The van der Waals surface area contributed by atoms with Gasteiger partial charge in [0.05, 0.1) is 36.2 Å². The summed E-state index contributed by atoms with van der Waals surface area (Å²) < 4.78 is 90.3. The average molecular weight is 551 g/mol. The zero-order valence-corrected chi connectivity index (χ0v) is 20.0. The molecule has 36 heavy (non-hydrogen) atoms. The smallest absolute Gasteiger partial charge is 0.374 e. The fourth-order valence-electron chi connectivity index (χ4n) is 4.70. The molecule has 3 aliphatic rings.